The predicted molar refractivity (Wildman–Crippen MR) is 85.3 cm³/mol. The molecule has 2 N–H and O–H groups in total. The second kappa shape index (κ2) is 5.48. The molecule has 5 heteroatoms. The molecule has 21 heavy (non-hydrogen) atoms. The van der Waals surface area contributed by atoms with E-state index in [4.69, 9.17) is 5.73 Å². The summed E-state index contributed by atoms with van der Waals surface area (Å²) in [5, 5.41) is 0.460. The lowest BCUT2D eigenvalue weighted by Crippen LogP contribution is -2.32. The molecular weight excluding hydrogens is 282 g/mol. The van der Waals surface area contributed by atoms with Gasteiger partial charge in [-0.25, -0.2) is 4.98 Å². The van der Waals surface area contributed by atoms with Gasteiger partial charge < -0.3 is 10.6 Å². The van der Waals surface area contributed by atoms with Gasteiger partial charge in [0.15, 0.2) is 5.13 Å². The third-order valence-electron chi connectivity index (χ3n) is 3.73. The SMILES string of the molecule is Cc1ccc(CN(C(=O)c2sc(N)nc2C)C2CC2)cc1. The third kappa shape index (κ3) is 3.08. The maximum absolute atomic E-state index is 12.8. The van der Waals surface area contributed by atoms with E-state index in [9.17, 15) is 4.79 Å². The van der Waals surface area contributed by atoms with E-state index in [2.05, 4.69) is 36.2 Å². The molecule has 2 aromatic rings. The number of aryl methyl sites for hydroxylation is 2. The number of carbonyl (C=O) groups excluding carboxylic acids is 1. The first-order chi connectivity index (χ1) is 10.0. The summed E-state index contributed by atoms with van der Waals surface area (Å²) in [7, 11) is 0. The Morgan fingerprint density at radius 1 is 1.33 bits per heavy atom. The van der Waals surface area contributed by atoms with Crippen molar-refractivity contribution >= 4 is 22.4 Å². The van der Waals surface area contributed by atoms with Crippen molar-refractivity contribution in [3.8, 4) is 0 Å². The fourth-order valence-electron chi connectivity index (χ4n) is 2.39. The van der Waals surface area contributed by atoms with Crippen LogP contribution in [0.3, 0.4) is 0 Å². The van der Waals surface area contributed by atoms with Crippen molar-refractivity contribution in [1.29, 1.82) is 0 Å². The number of aromatic nitrogens is 1. The van der Waals surface area contributed by atoms with Crippen LogP contribution in [0.25, 0.3) is 0 Å². The van der Waals surface area contributed by atoms with Gasteiger partial charge in [0.1, 0.15) is 4.88 Å². The van der Waals surface area contributed by atoms with Crippen molar-refractivity contribution in [1.82, 2.24) is 9.88 Å². The largest absolute Gasteiger partial charge is 0.375 e. The molecule has 1 aromatic carbocycles. The number of thiazole rings is 1. The van der Waals surface area contributed by atoms with Gasteiger partial charge in [0.05, 0.1) is 5.69 Å². The average molecular weight is 301 g/mol. The standard InChI is InChI=1S/C16H19N3OS/c1-10-3-5-12(6-4-10)9-19(13-7-8-13)15(20)14-11(2)18-16(17)21-14/h3-6,13H,7-9H2,1-2H3,(H2,17,18). The zero-order chi connectivity index (χ0) is 15.0. The van der Waals surface area contributed by atoms with E-state index in [1.807, 2.05) is 11.8 Å². The molecule has 0 spiro atoms. The highest BCUT2D eigenvalue weighted by Crippen LogP contribution is 2.32. The molecule has 4 nitrogen and oxygen atoms in total. The lowest BCUT2D eigenvalue weighted by molar-refractivity contribution is 0.0734. The molecule has 0 atom stereocenters. The highest BCUT2D eigenvalue weighted by molar-refractivity contribution is 7.17. The molecule has 1 heterocycles. The summed E-state index contributed by atoms with van der Waals surface area (Å²) < 4.78 is 0. The van der Waals surface area contributed by atoms with Crippen LogP contribution in [-0.4, -0.2) is 21.8 Å². The van der Waals surface area contributed by atoms with E-state index in [0.29, 0.717) is 22.6 Å². The summed E-state index contributed by atoms with van der Waals surface area (Å²) in [4.78, 5) is 19.6. The van der Waals surface area contributed by atoms with E-state index < -0.39 is 0 Å². The van der Waals surface area contributed by atoms with Crippen LogP contribution in [0.15, 0.2) is 24.3 Å². The summed E-state index contributed by atoms with van der Waals surface area (Å²) in [5.74, 6) is 0.0600. The number of nitrogens with zero attached hydrogens (tertiary/aromatic N) is 2. The Morgan fingerprint density at radius 3 is 2.52 bits per heavy atom. The van der Waals surface area contributed by atoms with E-state index in [0.717, 1.165) is 24.1 Å². The van der Waals surface area contributed by atoms with E-state index >= 15 is 0 Å². The molecule has 1 aliphatic rings. The van der Waals surface area contributed by atoms with Crippen molar-refractivity contribution in [2.24, 2.45) is 0 Å². The quantitative estimate of drug-likeness (QED) is 0.943. The molecule has 110 valence electrons. The zero-order valence-corrected chi connectivity index (χ0v) is 13.1. The molecule has 1 aromatic heterocycles. The predicted octanol–water partition coefficient (Wildman–Crippen LogP) is 3.15. The number of hydrogen-bond donors (Lipinski definition) is 1. The number of hydrogen-bond acceptors (Lipinski definition) is 4. The van der Waals surface area contributed by atoms with Crippen LogP contribution in [0.4, 0.5) is 5.13 Å². The molecule has 1 saturated carbocycles. The highest BCUT2D eigenvalue weighted by atomic mass is 32.1. The Kier molecular flexibility index (Phi) is 3.68. The van der Waals surface area contributed by atoms with Gasteiger partial charge in [-0.15, -0.1) is 0 Å². The van der Waals surface area contributed by atoms with Crippen LogP contribution in [0, 0.1) is 13.8 Å². The van der Waals surface area contributed by atoms with Crippen LogP contribution in [0.5, 0.6) is 0 Å². The minimum absolute atomic E-state index is 0.0600. The fourth-order valence-corrected chi connectivity index (χ4v) is 3.18. The minimum atomic E-state index is 0.0600. The van der Waals surface area contributed by atoms with Crippen molar-refractivity contribution in [2.45, 2.75) is 39.3 Å². The van der Waals surface area contributed by atoms with Crippen molar-refractivity contribution < 1.29 is 4.79 Å². The van der Waals surface area contributed by atoms with Crippen LogP contribution in [0.2, 0.25) is 0 Å². The Balaban J connectivity index is 1.83. The second-order valence-corrected chi connectivity index (χ2v) is 6.65. The number of benzene rings is 1. The van der Waals surface area contributed by atoms with Crippen LogP contribution >= 0.6 is 11.3 Å². The Bertz CT molecular complexity index is 659. The van der Waals surface area contributed by atoms with Gasteiger partial charge in [0.25, 0.3) is 5.91 Å². The molecule has 0 aliphatic heterocycles. The van der Waals surface area contributed by atoms with E-state index in [1.165, 1.54) is 16.9 Å². The first kappa shape index (κ1) is 14.1. The summed E-state index contributed by atoms with van der Waals surface area (Å²) in [6, 6.07) is 8.71. The van der Waals surface area contributed by atoms with Gasteiger partial charge in [-0.05, 0) is 32.3 Å². The average Bonchev–Trinajstić information content (AvgIpc) is 3.22. The Hall–Kier alpha value is -1.88. The summed E-state index contributed by atoms with van der Waals surface area (Å²) in [6.45, 7) is 4.56. The molecule has 1 aliphatic carbocycles. The molecule has 0 saturated heterocycles. The van der Waals surface area contributed by atoms with Crippen LogP contribution in [0.1, 0.15) is 39.3 Å². The number of anilines is 1. The maximum Gasteiger partial charge on any atom is 0.266 e. The number of carbonyl (C=O) groups is 1. The van der Waals surface area contributed by atoms with E-state index in [1.54, 1.807) is 0 Å². The molecular formula is C16H19N3OS. The number of amides is 1. The monoisotopic (exact) mass is 301 g/mol. The molecule has 0 unspecified atom stereocenters. The lowest BCUT2D eigenvalue weighted by Gasteiger charge is -2.22. The van der Waals surface area contributed by atoms with Gasteiger partial charge in [0, 0.05) is 12.6 Å². The van der Waals surface area contributed by atoms with Gasteiger partial charge in [0.2, 0.25) is 0 Å². The van der Waals surface area contributed by atoms with Gasteiger partial charge in [-0.2, -0.15) is 0 Å². The smallest absolute Gasteiger partial charge is 0.266 e. The van der Waals surface area contributed by atoms with Crippen LogP contribution < -0.4 is 5.73 Å². The Morgan fingerprint density at radius 2 is 2.00 bits per heavy atom. The Labute approximate surface area is 128 Å². The summed E-state index contributed by atoms with van der Waals surface area (Å²) in [5.41, 5.74) is 8.84. The van der Waals surface area contributed by atoms with E-state index in [-0.39, 0.29) is 5.91 Å². The second-order valence-electron chi connectivity index (χ2n) is 5.62. The fraction of sp³-hybridized carbons (Fsp3) is 0.375. The van der Waals surface area contributed by atoms with Crippen molar-refractivity contribution in [3.05, 3.63) is 46.0 Å². The number of nitrogen functional groups attached to an aromatic ring is 1. The highest BCUT2D eigenvalue weighted by Gasteiger charge is 2.34. The summed E-state index contributed by atoms with van der Waals surface area (Å²) >= 11 is 1.28. The van der Waals surface area contributed by atoms with Gasteiger partial charge >= 0.3 is 0 Å². The van der Waals surface area contributed by atoms with Crippen LogP contribution in [-0.2, 0) is 6.54 Å². The third-order valence-corrected chi connectivity index (χ3v) is 4.70. The lowest BCUT2D eigenvalue weighted by atomic mass is 10.1. The molecule has 0 radical (unpaired) electrons. The normalized spacial score (nSPS) is 14.2. The maximum atomic E-state index is 12.8. The van der Waals surface area contributed by atoms with Gasteiger partial charge in [-0.1, -0.05) is 41.2 Å². The number of rotatable bonds is 4. The zero-order valence-electron chi connectivity index (χ0n) is 12.3. The van der Waals surface area contributed by atoms with Crippen molar-refractivity contribution in [3.63, 3.8) is 0 Å². The molecule has 1 fully saturated rings. The molecule has 1 amide bonds. The molecule has 3 rings (SSSR count). The topological polar surface area (TPSA) is 59.2 Å². The molecule has 0 bridgehead atoms. The summed E-state index contributed by atoms with van der Waals surface area (Å²) in [6.07, 6.45) is 2.18. The van der Waals surface area contributed by atoms with Crippen molar-refractivity contribution in [2.75, 3.05) is 5.73 Å². The minimum Gasteiger partial charge on any atom is -0.375 e. The first-order valence-electron chi connectivity index (χ1n) is 7.14. The first-order valence-corrected chi connectivity index (χ1v) is 7.95. The van der Waals surface area contributed by atoms with Gasteiger partial charge in [-0.3, -0.25) is 4.79 Å². The number of nitrogens with two attached hydrogens (primary N) is 1.